The molecule has 1 heterocycles. The van der Waals surface area contributed by atoms with Gasteiger partial charge >= 0.3 is 0 Å². The first kappa shape index (κ1) is 9.34. The van der Waals surface area contributed by atoms with Gasteiger partial charge in [-0.2, -0.15) is 0 Å². The van der Waals surface area contributed by atoms with Gasteiger partial charge in [0.05, 0.1) is 10.8 Å². The van der Waals surface area contributed by atoms with Gasteiger partial charge in [0, 0.05) is 17.1 Å². The molecule has 0 N–H and O–H groups in total. The van der Waals surface area contributed by atoms with Crippen molar-refractivity contribution in [2.45, 2.75) is 0 Å². The van der Waals surface area contributed by atoms with Gasteiger partial charge in [-0.1, -0.05) is 34.1 Å². The number of rotatable bonds is 2. The van der Waals surface area contributed by atoms with Crippen LogP contribution in [-0.4, -0.2) is 16.1 Å². The van der Waals surface area contributed by atoms with E-state index in [1.54, 1.807) is 12.3 Å². The van der Waals surface area contributed by atoms with E-state index in [-0.39, 0.29) is 5.78 Å². The van der Waals surface area contributed by atoms with Crippen LogP contribution >= 0.6 is 15.9 Å². The van der Waals surface area contributed by atoms with Crippen molar-refractivity contribution >= 4 is 32.6 Å². The molecule has 2 nitrogen and oxygen atoms in total. The molecule has 3 heteroatoms. The number of carbonyl (C=O) groups excluding carboxylic acids is 1. The van der Waals surface area contributed by atoms with Gasteiger partial charge in [-0.3, -0.25) is 9.78 Å². The number of ketones is 1. The largest absolute Gasteiger partial charge is 0.293 e. The minimum atomic E-state index is 0.0642. The Balaban J connectivity index is 2.71. The van der Waals surface area contributed by atoms with E-state index < -0.39 is 0 Å². The van der Waals surface area contributed by atoms with Crippen LogP contribution in [0.4, 0.5) is 0 Å². The second-order valence-corrected chi connectivity index (χ2v) is 3.50. The molecule has 0 atom stereocenters. The van der Waals surface area contributed by atoms with Crippen molar-refractivity contribution in [3.8, 4) is 0 Å². The zero-order chi connectivity index (χ0) is 9.97. The van der Waals surface area contributed by atoms with Crippen LogP contribution in [0.3, 0.4) is 0 Å². The Hall–Kier alpha value is -1.22. The molecule has 1 aromatic carbocycles. The van der Waals surface area contributed by atoms with Crippen LogP contribution in [0.15, 0.2) is 36.5 Å². The fraction of sp³-hybridized carbons (Fsp3) is 0.0909. The van der Waals surface area contributed by atoms with Gasteiger partial charge in [0.25, 0.3) is 0 Å². The van der Waals surface area contributed by atoms with E-state index in [0.717, 1.165) is 10.9 Å². The molecule has 0 unspecified atom stereocenters. The van der Waals surface area contributed by atoms with E-state index in [1.165, 1.54) is 0 Å². The summed E-state index contributed by atoms with van der Waals surface area (Å²) in [6, 6.07) is 9.45. The SMILES string of the molecule is O=C(CBr)c1cccc2cccnc12. The molecule has 0 saturated heterocycles. The summed E-state index contributed by atoms with van der Waals surface area (Å²) in [5, 5.41) is 1.34. The van der Waals surface area contributed by atoms with E-state index in [9.17, 15) is 4.79 Å². The zero-order valence-corrected chi connectivity index (χ0v) is 8.99. The van der Waals surface area contributed by atoms with Crippen LogP contribution in [0, 0.1) is 0 Å². The molecule has 0 spiro atoms. The van der Waals surface area contributed by atoms with Crippen molar-refractivity contribution in [1.29, 1.82) is 0 Å². The normalized spacial score (nSPS) is 10.4. The molecule has 14 heavy (non-hydrogen) atoms. The highest BCUT2D eigenvalue weighted by Crippen LogP contribution is 2.16. The number of alkyl halides is 1. The first-order chi connectivity index (χ1) is 6.83. The Morgan fingerprint density at radius 2 is 2.07 bits per heavy atom. The molecule has 0 amide bonds. The molecule has 0 saturated carbocycles. The lowest BCUT2D eigenvalue weighted by molar-refractivity contribution is 0.102. The molecule has 0 fully saturated rings. The lowest BCUT2D eigenvalue weighted by Crippen LogP contribution is -2.01. The van der Waals surface area contributed by atoms with Gasteiger partial charge in [0.15, 0.2) is 5.78 Å². The summed E-state index contributed by atoms with van der Waals surface area (Å²) in [6.07, 6.45) is 1.70. The van der Waals surface area contributed by atoms with Crippen LogP contribution in [0.5, 0.6) is 0 Å². The zero-order valence-electron chi connectivity index (χ0n) is 7.40. The number of Topliss-reactive ketones (excluding diaryl/α,β-unsaturated/α-hetero) is 1. The second-order valence-electron chi connectivity index (χ2n) is 2.94. The number of aromatic nitrogens is 1. The molecule has 0 bridgehead atoms. The summed E-state index contributed by atoms with van der Waals surface area (Å²) in [4.78, 5) is 15.7. The fourth-order valence-corrected chi connectivity index (χ4v) is 1.70. The van der Waals surface area contributed by atoms with E-state index in [1.807, 2.05) is 24.3 Å². The fourth-order valence-electron chi connectivity index (χ4n) is 1.40. The van der Waals surface area contributed by atoms with Crippen LogP contribution in [0.25, 0.3) is 10.9 Å². The quantitative estimate of drug-likeness (QED) is 0.606. The van der Waals surface area contributed by atoms with Gasteiger partial charge < -0.3 is 0 Å². The first-order valence-electron chi connectivity index (χ1n) is 4.26. The van der Waals surface area contributed by atoms with Crippen LogP contribution in [0.1, 0.15) is 10.4 Å². The number of carbonyl (C=O) groups is 1. The van der Waals surface area contributed by atoms with Crippen molar-refractivity contribution in [3.05, 3.63) is 42.1 Å². The lowest BCUT2D eigenvalue weighted by Gasteiger charge is -2.01. The number of halogens is 1. The summed E-state index contributed by atoms with van der Waals surface area (Å²) in [7, 11) is 0. The average molecular weight is 250 g/mol. The molecule has 70 valence electrons. The number of nitrogens with zero attached hydrogens (tertiary/aromatic N) is 1. The molecule has 0 aliphatic heterocycles. The molecule has 2 aromatic rings. The molecule has 0 aliphatic carbocycles. The van der Waals surface area contributed by atoms with E-state index in [2.05, 4.69) is 20.9 Å². The maximum atomic E-state index is 11.5. The van der Waals surface area contributed by atoms with Crippen LogP contribution < -0.4 is 0 Å². The van der Waals surface area contributed by atoms with Crippen LogP contribution in [-0.2, 0) is 0 Å². The molecule has 1 aromatic heterocycles. The van der Waals surface area contributed by atoms with Gasteiger partial charge in [-0.15, -0.1) is 0 Å². The van der Waals surface area contributed by atoms with Gasteiger partial charge in [-0.05, 0) is 12.1 Å². The predicted octanol–water partition coefficient (Wildman–Crippen LogP) is 2.81. The summed E-state index contributed by atoms with van der Waals surface area (Å²) < 4.78 is 0. The van der Waals surface area contributed by atoms with E-state index in [4.69, 9.17) is 0 Å². The van der Waals surface area contributed by atoms with E-state index in [0.29, 0.717) is 10.9 Å². The van der Waals surface area contributed by atoms with Gasteiger partial charge in [0.2, 0.25) is 0 Å². The number of para-hydroxylation sites is 1. The first-order valence-corrected chi connectivity index (χ1v) is 5.38. The summed E-state index contributed by atoms with van der Waals surface area (Å²) >= 11 is 3.16. The highest BCUT2D eigenvalue weighted by Gasteiger charge is 2.08. The van der Waals surface area contributed by atoms with Crippen molar-refractivity contribution in [2.24, 2.45) is 0 Å². The van der Waals surface area contributed by atoms with Crippen molar-refractivity contribution in [3.63, 3.8) is 0 Å². The Bertz CT molecular complexity index is 476. The minimum absolute atomic E-state index is 0.0642. The molecule has 0 radical (unpaired) electrons. The Labute approximate surface area is 90.1 Å². The highest BCUT2D eigenvalue weighted by molar-refractivity contribution is 9.09. The summed E-state index contributed by atoms with van der Waals surface area (Å²) in [5.74, 6) is 0.0642. The Morgan fingerprint density at radius 3 is 2.86 bits per heavy atom. The highest BCUT2D eigenvalue weighted by atomic mass is 79.9. The number of pyridine rings is 1. The van der Waals surface area contributed by atoms with Crippen molar-refractivity contribution < 1.29 is 4.79 Å². The predicted molar refractivity (Wildman–Crippen MR) is 59.9 cm³/mol. The summed E-state index contributed by atoms with van der Waals surface area (Å²) in [6.45, 7) is 0. The van der Waals surface area contributed by atoms with Crippen molar-refractivity contribution in [1.82, 2.24) is 4.98 Å². The number of hydrogen-bond acceptors (Lipinski definition) is 2. The van der Waals surface area contributed by atoms with E-state index >= 15 is 0 Å². The lowest BCUT2D eigenvalue weighted by atomic mass is 10.1. The maximum Gasteiger partial charge on any atom is 0.175 e. The molecule has 2 rings (SSSR count). The topological polar surface area (TPSA) is 30.0 Å². The third kappa shape index (κ3) is 1.55. The number of hydrogen-bond donors (Lipinski definition) is 0. The Morgan fingerprint density at radius 1 is 1.29 bits per heavy atom. The third-order valence-electron chi connectivity index (χ3n) is 2.05. The monoisotopic (exact) mass is 249 g/mol. The van der Waals surface area contributed by atoms with Crippen molar-refractivity contribution in [2.75, 3.05) is 5.33 Å². The smallest absolute Gasteiger partial charge is 0.175 e. The van der Waals surface area contributed by atoms with Crippen LogP contribution in [0.2, 0.25) is 0 Å². The Kier molecular flexibility index (Phi) is 2.59. The van der Waals surface area contributed by atoms with Gasteiger partial charge in [0.1, 0.15) is 0 Å². The molecular weight excluding hydrogens is 242 g/mol. The maximum absolute atomic E-state index is 11.5. The molecular formula is C11H8BrNO. The number of fused-ring (bicyclic) bond motifs is 1. The van der Waals surface area contributed by atoms with Gasteiger partial charge in [-0.25, -0.2) is 0 Å². The minimum Gasteiger partial charge on any atom is -0.293 e. The number of benzene rings is 1. The average Bonchev–Trinajstić information content (AvgIpc) is 2.27. The third-order valence-corrected chi connectivity index (χ3v) is 2.56. The second kappa shape index (κ2) is 3.88. The molecule has 0 aliphatic rings. The summed E-state index contributed by atoms with van der Waals surface area (Å²) in [5.41, 5.74) is 1.46. The standard InChI is InChI=1S/C11H8BrNO/c12-7-10(14)9-5-1-3-8-4-2-6-13-11(8)9/h1-6H,7H2.